The Hall–Kier alpha value is -3.35. The van der Waals surface area contributed by atoms with Crippen LogP contribution in [0.3, 0.4) is 0 Å². The molecule has 4 N–H and O–H groups in total. The highest BCUT2D eigenvalue weighted by Crippen LogP contribution is 2.35. The van der Waals surface area contributed by atoms with Crippen LogP contribution in [-0.4, -0.2) is 77.6 Å². The molecule has 1 aromatic rings. The van der Waals surface area contributed by atoms with Gasteiger partial charge in [-0.05, 0) is 44.7 Å². The van der Waals surface area contributed by atoms with Crippen molar-refractivity contribution in [2.45, 2.75) is 89.1 Å². The number of hydrogen-bond donors (Lipinski definition) is 4. The van der Waals surface area contributed by atoms with Crippen LogP contribution < -0.4 is 21.3 Å². The van der Waals surface area contributed by atoms with Gasteiger partial charge in [-0.3, -0.25) is 9.59 Å². The third kappa shape index (κ3) is 8.11. The van der Waals surface area contributed by atoms with Crippen molar-refractivity contribution < 1.29 is 27.5 Å². The lowest BCUT2D eigenvalue weighted by Crippen LogP contribution is -2.48. The topological polar surface area (TPSA) is 121 Å². The monoisotopic (exact) mass is 579 g/mol. The smallest absolute Gasteiger partial charge is 0.421 e. The number of carbonyl (C=O) groups is 2. The Morgan fingerprint density at radius 3 is 2.41 bits per heavy atom. The Kier molecular flexibility index (Phi) is 10.1. The largest absolute Gasteiger partial charge is 0.499 e. The van der Waals surface area contributed by atoms with Gasteiger partial charge < -0.3 is 30.9 Å². The third-order valence-electron chi connectivity index (χ3n) is 7.96. The van der Waals surface area contributed by atoms with E-state index >= 15 is 0 Å². The quantitative estimate of drug-likeness (QED) is 0.351. The zero-order valence-electron chi connectivity index (χ0n) is 23.8. The number of alkyl halides is 3. The van der Waals surface area contributed by atoms with Crippen molar-refractivity contribution in [1.82, 2.24) is 25.5 Å². The second-order valence-electron chi connectivity index (χ2n) is 10.8. The third-order valence-corrected chi connectivity index (χ3v) is 7.96. The fourth-order valence-electron chi connectivity index (χ4n) is 5.66. The van der Waals surface area contributed by atoms with E-state index in [2.05, 4.69) is 43.1 Å². The molecule has 1 aliphatic heterocycles. The minimum atomic E-state index is -4.67. The molecule has 0 spiro atoms. The maximum absolute atomic E-state index is 13.9. The summed E-state index contributed by atoms with van der Waals surface area (Å²) in [7, 11) is 1.48. The van der Waals surface area contributed by atoms with Crippen molar-refractivity contribution in [2.24, 2.45) is 0 Å². The summed E-state index contributed by atoms with van der Waals surface area (Å²) in [6, 6.07) is -1.07. The Labute approximate surface area is 238 Å². The van der Waals surface area contributed by atoms with E-state index in [1.165, 1.54) is 14.0 Å². The summed E-state index contributed by atoms with van der Waals surface area (Å²) in [4.78, 5) is 35.1. The van der Waals surface area contributed by atoms with Crippen LogP contribution in [0.4, 0.5) is 24.9 Å². The number of anilines is 2. The van der Waals surface area contributed by atoms with Crippen LogP contribution in [-0.2, 0) is 20.5 Å². The lowest BCUT2D eigenvalue weighted by Gasteiger charge is -2.33. The summed E-state index contributed by atoms with van der Waals surface area (Å²) in [5.41, 5.74) is -0.500. The van der Waals surface area contributed by atoms with Crippen molar-refractivity contribution in [3.05, 3.63) is 35.2 Å². The molecule has 0 bridgehead atoms. The molecule has 1 saturated carbocycles. The number of amides is 2. The molecule has 0 aromatic carbocycles. The van der Waals surface area contributed by atoms with Gasteiger partial charge >= 0.3 is 6.18 Å². The van der Waals surface area contributed by atoms with Crippen LogP contribution in [0.5, 0.6) is 0 Å². The summed E-state index contributed by atoms with van der Waals surface area (Å²) in [6.45, 7) is 6.41. The molecule has 2 amide bonds. The van der Waals surface area contributed by atoms with E-state index in [1.54, 1.807) is 12.2 Å². The Bertz CT molecular complexity index is 1150. The van der Waals surface area contributed by atoms with Gasteiger partial charge in [-0.2, -0.15) is 18.2 Å². The molecule has 2 heterocycles. The molecule has 1 unspecified atom stereocenters. The molecule has 13 heteroatoms. The fraction of sp³-hybridized carbons (Fsp3) is 0.643. The van der Waals surface area contributed by atoms with Crippen LogP contribution in [0.1, 0.15) is 64.4 Å². The predicted octanol–water partition coefficient (Wildman–Crippen LogP) is 3.60. The molecular formula is C28H40F3N7O3. The summed E-state index contributed by atoms with van der Waals surface area (Å²) in [5.74, 6) is -0.310. The molecule has 2 fully saturated rings. The predicted molar refractivity (Wildman–Crippen MR) is 149 cm³/mol. The van der Waals surface area contributed by atoms with E-state index in [0.717, 1.165) is 51.5 Å². The summed E-state index contributed by atoms with van der Waals surface area (Å²) < 4.78 is 47.1. The van der Waals surface area contributed by atoms with Crippen LogP contribution in [0.2, 0.25) is 0 Å². The molecule has 2 aliphatic carbocycles. The summed E-state index contributed by atoms with van der Waals surface area (Å²) in [6.07, 6.45) is 4.63. The molecule has 226 valence electrons. The first kappa shape index (κ1) is 30.6. The first-order valence-electron chi connectivity index (χ1n) is 14.3. The standard InChI is InChI=1S/C28H40F3N7O3/c1-4-38-13-11-19(12-14-38)34-26(40)18-9-10-23(24(15-18)41-3)36-27-32-16-20(28(29,30)31)25(37-27)35-22-8-6-5-7-21(22)33-17(2)39/h9,15-16,19,21-23H,4-8,10-14H2,1-3H3,(H,33,39)(H,34,40)(H2,32,35,36,37)/t21-,22-,23?/m0/s1. The van der Waals surface area contributed by atoms with Gasteiger partial charge in [-0.25, -0.2) is 4.98 Å². The van der Waals surface area contributed by atoms with Crippen molar-refractivity contribution in [2.75, 3.05) is 37.4 Å². The van der Waals surface area contributed by atoms with Crippen LogP contribution in [0, 0.1) is 0 Å². The number of piperidine rings is 1. The first-order chi connectivity index (χ1) is 19.6. The Morgan fingerprint density at radius 2 is 1.78 bits per heavy atom. The molecular weight excluding hydrogens is 539 g/mol. The van der Waals surface area contributed by atoms with Gasteiger partial charge in [-0.1, -0.05) is 25.8 Å². The van der Waals surface area contributed by atoms with E-state index in [9.17, 15) is 22.8 Å². The van der Waals surface area contributed by atoms with Crippen LogP contribution in [0.15, 0.2) is 29.7 Å². The number of methoxy groups -OCH3 is 1. The SMILES string of the molecule is CCN1CCC(NC(=O)C2=CCC(Nc3ncc(C(F)(F)F)c(N[C@H]4CCCC[C@@H]4NC(C)=O)n3)C(OC)=C2)CC1. The summed E-state index contributed by atoms with van der Waals surface area (Å²) in [5, 5.41) is 11.9. The lowest BCUT2D eigenvalue weighted by molar-refractivity contribution is -0.137. The zero-order valence-corrected chi connectivity index (χ0v) is 23.8. The molecule has 3 aliphatic rings. The number of nitrogens with zero attached hydrogens (tertiary/aromatic N) is 3. The number of likely N-dealkylation sites (tertiary alicyclic amines) is 1. The second kappa shape index (κ2) is 13.5. The number of aromatic nitrogens is 2. The number of ether oxygens (including phenoxy) is 1. The number of rotatable bonds is 9. The van der Waals surface area contributed by atoms with Crippen LogP contribution in [0.25, 0.3) is 0 Å². The molecule has 10 nitrogen and oxygen atoms in total. The zero-order chi connectivity index (χ0) is 29.6. The Balaban J connectivity index is 1.45. The van der Waals surface area contributed by atoms with E-state index < -0.39 is 23.8 Å². The molecule has 1 saturated heterocycles. The molecule has 1 aromatic heterocycles. The van der Waals surface area contributed by atoms with Crippen molar-refractivity contribution in [3.8, 4) is 0 Å². The van der Waals surface area contributed by atoms with E-state index in [4.69, 9.17) is 4.74 Å². The fourth-order valence-corrected chi connectivity index (χ4v) is 5.66. The number of halogens is 3. The second-order valence-corrected chi connectivity index (χ2v) is 10.8. The number of nitrogens with one attached hydrogen (secondary N) is 4. The van der Waals surface area contributed by atoms with Gasteiger partial charge in [0.15, 0.2) is 0 Å². The lowest BCUT2D eigenvalue weighted by atomic mass is 9.90. The maximum atomic E-state index is 13.9. The number of hydrogen-bond acceptors (Lipinski definition) is 8. The Morgan fingerprint density at radius 1 is 1.07 bits per heavy atom. The highest BCUT2D eigenvalue weighted by atomic mass is 19.4. The highest BCUT2D eigenvalue weighted by Gasteiger charge is 2.37. The van der Waals surface area contributed by atoms with Gasteiger partial charge in [0.05, 0.1) is 13.2 Å². The minimum Gasteiger partial charge on any atom is -0.499 e. The average molecular weight is 580 g/mol. The van der Waals surface area contributed by atoms with Gasteiger partial charge in [0.1, 0.15) is 17.1 Å². The molecule has 41 heavy (non-hydrogen) atoms. The van der Waals surface area contributed by atoms with Gasteiger partial charge in [0.25, 0.3) is 5.91 Å². The first-order valence-corrected chi connectivity index (χ1v) is 14.3. The average Bonchev–Trinajstić information content (AvgIpc) is 2.94. The van der Waals surface area contributed by atoms with E-state index in [0.29, 0.717) is 30.6 Å². The molecule has 4 rings (SSSR count). The highest BCUT2D eigenvalue weighted by molar-refractivity contribution is 5.96. The van der Waals surface area contributed by atoms with E-state index in [1.807, 2.05) is 0 Å². The maximum Gasteiger partial charge on any atom is 0.421 e. The van der Waals surface area contributed by atoms with Gasteiger partial charge in [0.2, 0.25) is 11.9 Å². The van der Waals surface area contributed by atoms with Crippen molar-refractivity contribution in [1.29, 1.82) is 0 Å². The normalized spacial score (nSPS) is 24.1. The van der Waals surface area contributed by atoms with Crippen LogP contribution >= 0.6 is 0 Å². The minimum absolute atomic E-state index is 0.00989. The van der Waals surface area contributed by atoms with Gasteiger partial charge in [-0.15, -0.1) is 0 Å². The van der Waals surface area contributed by atoms with Gasteiger partial charge in [0, 0.05) is 49.9 Å². The molecule has 0 radical (unpaired) electrons. The van der Waals surface area contributed by atoms with Crippen molar-refractivity contribution >= 4 is 23.6 Å². The number of carbonyl (C=O) groups excluding carboxylic acids is 2. The van der Waals surface area contributed by atoms with E-state index in [-0.39, 0.29) is 35.7 Å². The van der Waals surface area contributed by atoms with Crippen molar-refractivity contribution in [3.63, 3.8) is 0 Å². The molecule has 3 atom stereocenters. The summed E-state index contributed by atoms with van der Waals surface area (Å²) >= 11 is 0.